The third-order valence-electron chi connectivity index (χ3n) is 5.70. The van der Waals surface area contributed by atoms with Crippen molar-refractivity contribution >= 4 is 17.6 Å². The molecule has 1 heterocycles. The molecule has 0 radical (unpaired) electrons. The average Bonchev–Trinajstić information content (AvgIpc) is 3.44. The molecule has 2 aliphatic rings. The van der Waals surface area contributed by atoms with Crippen molar-refractivity contribution in [1.29, 1.82) is 0 Å². The zero-order valence-corrected chi connectivity index (χ0v) is 15.8. The van der Waals surface area contributed by atoms with Crippen LogP contribution in [0.3, 0.4) is 0 Å². The van der Waals surface area contributed by atoms with Crippen LogP contribution in [0.1, 0.15) is 43.2 Å². The summed E-state index contributed by atoms with van der Waals surface area (Å²) in [5.41, 5.74) is 2.27. The van der Waals surface area contributed by atoms with Gasteiger partial charge in [-0.1, -0.05) is 73.5 Å². The summed E-state index contributed by atoms with van der Waals surface area (Å²) >= 11 is 0. The van der Waals surface area contributed by atoms with Crippen molar-refractivity contribution in [3.63, 3.8) is 0 Å². The number of benzene rings is 2. The second kappa shape index (κ2) is 7.97. The fourth-order valence-corrected chi connectivity index (χ4v) is 4.16. The molecule has 0 bridgehead atoms. The fraction of sp³-hybridized carbons (Fsp3) is 0.348. The third kappa shape index (κ3) is 3.57. The summed E-state index contributed by atoms with van der Waals surface area (Å²) in [6.45, 7) is 0.253. The Morgan fingerprint density at radius 2 is 1.61 bits per heavy atom. The molecular weight excluding hydrogens is 352 g/mol. The average molecular weight is 376 g/mol. The number of esters is 1. The van der Waals surface area contributed by atoms with Crippen LogP contribution < -0.4 is 0 Å². The van der Waals surface area contributed by atoms with Gasteiger partial charge in [0.25, 0.3) is 5.91 Å². The van der Waals surface area contributed by atoms with Crippen LogP contribution in [0.2, 0.25) is 0 Å². The molecule has 1 aliphatic heterocycles. The molecular formula is C23H24N2O3. The Morgan fingerprint density at radius 1 is 0.964 bits per heavy atom. The molecule has 0 spiro atoms. The van der Waals surface area contributed by atoms with Crippen LogP contribution in [-0.4, -0.2) is 35.7 Å². The molecule has 2 aromatic carbocycles. The molecule has 28 heavy (non-hydrogen) atoms. The molecule has 0 atom stereocenters. The number of carbonyl (C=O) groups is 2. The molecule has 0 unspecified atom stereocenters. The Morgan fingerprint density at radius 3 is 2.29 bits per heavy atom. The molecule has 0 N–H and O–H groups in total. The lowest BCUT2D eigenvalue weighted by molar-refractivity contribution is -0.157. The summed E-state index contributed by atoms with van der Waals surface area (Å²) in [4.78, 5) is 25.5. The van der Waals surface area contributed by atoms with Crippen LogP contribution in [0.15, 0.2) is 65.8 Å². The molecule has 0 aromatic heterocycles. The van der Waals surface area contributed by atoms with Crippen molar-refractivity contribution in [2.75, 3.05) is 13.2 Å². The number of hydrogen-bond donors (Lipinski definition) is 0. The zero-order chi connectivity index (χ0) is 19.4. The second-order valence-electron chi connectivity index (χ2n) is 7.41. The number of hydrazone groups is 1. The van der Waals surface area contributed by atoms with E-state index in [0.717, 1.165) is 42.5 Å². The summed E-state index contributed by atoms with van der Waals surface area (Å²) in [5.74, 6) is -0.573. The van der Waals surface area contributed by atoms with Gasteiger partial charge in [0.15, 0.2) is 6.61 Å². The van der Waals surface area contributed by atoms with Gasteiger partial charge in [-0.3, -0.25) is 9.59 Å². The van der Waals surface area contributed by atoms with Crippen molar-refractivity contribution in [3.05, 3.63) is 71.8 Å². The van der Waals surface area contributed by atoms with E-state index in [-0.39, 0.29) is 18.5 Å². The van der Waals surface area contributed by atoms with Crippen molar-refractivity contribution < 1.29 is 14.3 Å². The highest BCUT2D eigenvalue weighted by Gasteiger charge is 2.44. The number of ether oxygens (including phenoxy) is 1. The molecule has 1 saturated carbocycles. The monoisotopic (exact) mass is 376 g/mol. The summed E-state index contributed by atoms with van der Waals surface area (Å²) in [6, 6.07) is 19.6. The molecule has 4 rings (SSSR count). The minimum Gasteiger partial charge on any atom is -0.455 e. The SMILES string of the molecule is O=C(COC(=O)C1(c2ccccc2)CCCC1)N1CCC(c2ccccc2)=N1. The van der Waals surface area contributed by atoms with E-state index in [2.05, 4.69) is 5.10 Å². The summed E-state index contributed by atoms with van der Waals surface area (Å²) in [6.07, 6.45) is 4.23. The van der Waals surface area contributed by atoms with Gasteiger partial charge in [-0.25, -0.2) is 5.01 Å². The van der Waals surface area contributed by atoms with Crippen LogP contribution in [0.25, 0.3) is 0 Å². The number of nitrogens with zero attached hydrogens (tertiary/aromatic N) is 2. The quantitative estimate of drug-likeness (QED) is 0.748. The topological polar surface area (TPSA) is 59.0 Å². The van der Waals surface area contributed by atoms with E-state index in [1.807, 2.05) is 60.7 Å². The molecule has 0 saturated heterocycles. The van der Waals surface area contributed by atoms with E-state index in [4.69, 9.17) is 4.74 Å². The third-order valence-corrected chi connectivity index (χ3v) is 5.70. The lowest BCUT2D eigenvalue weighted by Gasteiger charge is -2.27. The van der Waals surface area contributed by atoms with Gasteiger partial charge in [0.1, 0.15) is 0 Å². The molecule has 1 fully saturated rings. The van der Waals surface area contributed by atoms with Crippen LogP contribution in [-0.2, 0) is 19.7 Å². The highest BCUT2D eigenvalue weighted by Crippen LogP contribution is 2.42. The van der Waals surface area contributed by atoms with Gasteiger partial charge in [-0.15, -0.1) is 0 Å². The van der Waals surface area contributed by atoms with Crippen LogP contribution in [0.5, 0.6) is 0 Å². The van der Waals surface area contributed by atoms with Crippen molar-refractivity contribution in [3.8, 4) is 0 Å². The molecule has 1 aliphatic carbocycles. The van der Waals surface area contributed by atoms with E-state index < -0.39 is 5.41 Å². The van der Waals surface area contributed by atoms with Crippen LogP contribution in [0, 0.1) is 0 Å². The van der Waals surface area contributed by atoms with Gasteiger partial charge in [0, 0.05) is 6.42 Å². The predicted molar refractivity (Wildman–Crippen MR) is 107 cm³/mol. The summed E-state index contributed by atoms with van der Waals surface area (Å²) in [5, 5.41) is 5.83. The molecule has 5 nitrogen and oxygen atoms in total. The minimum absolute atomic E-state index is 0.265. The smallest absolute Gasteiger partial charge is 0.317 e. The number of rotatable bonds is 5. The van der Waals surface area contributed by atoms with E-state index >= 15 is 0 Å². The number of hydrogen-bond acceptors (Lipinski definition) is 4. The van der Waals surface area contributed by atoms with Crippen molar-refractivity contribution in [2.45, 2.75) is 37.5 Å². The Kier molecular flexibility index (Phi) is 5.24. The van der Waals surface area contributed by atoms with E-state index in [0.29, 0.717) is 13.0 Å². The Bertz CT molecular complexity index is 871. The maximum absolute atomic E-state index is 12.9. The first kappa shape index (κ1) is 18.4. The lowest BCUT2D eigenvalue weighted by Crippen LogP contribution is -2.37. The van der Waals surface area contributed by atoms with E-state index in [9.17, 15) is 9.59 Å². The molecule has 1 amide bonds. The molecule has 5 heteroatoms. The zero-order valence-electron chi connectivity index (χ0n) is 15.8. The minimum atomic E-state index is -0.620. The van der Waals surface area contributed by atoms with E-state index in [1.54, 1.807) is 0 Å². The largest absolute Gasteiger partial charge is 0.455 e. The number of carbonyl (C=O) groups excluding carboxylic acids is 2. The Balaban J connectivity index is 1.41. The van der Waals surface area contributed by atoms with Crippen molar-refractivity contribution in [1.82, 2.24) is 5.01 Å². The standard InChI is InChI=1S/C23H24N2O3/c26-21(25-16-13-20(24-25)18-9-3-1-4-10-18)17-28-22(27)23(14-7-8-15-23)19-11-5-2-6-12-19/h1-6,9-12H,7-8,13-17H2. The lowest BCUT2D eigenvalue weighted by atomic mass is 9.79. The van der Waals surface area contributed by atoms with Crippen LogP contribution in [0.4, 0.5) is 0 Å². The maximum Gasteiger partial charge on any atom is 0.317 e. The first-order chi connectivity index (χ1) is 13.7. The highest BCUT2D eigenvalue weighted by atomic mass is 16.5. The maximum atomic E-state index is 12.9. The van der Waals surface area contributed by atoms with Gasteiger partial charge in [-0.2, -0.15) is 5.10 Å². The normalized spacial score (nSPS) is 18.0. The number of amides is 1. The van der Waals surface area contributed by atoms with Crippen LogP contribution >= 0.6 is 0 Å². The first-order valence-corrected chi connectivity index (χ1v) is 9.85. The highest BCUT2D eigenvalue weighted by molar-refractivity contribution is 6.02. The van der Waals surface area contributed by atoms with Gasteiger partial charge < -0.3 is 4.74 Å². The summed E-state index contributed by atoms with van der Waals surface area (Å²) < 4.78 is 5.50. The Hall–Kier alpha value is -2.95. The first-order valence-electron chi connectivity index (χ1n) is 9.85. The summed E-state index contributed by atoms with van der Waals surface area (Å²) in [7, 11) is 0. The van der Waals surface area contributed by atoms with E-state index in [1.165, 1.54) is 5.01 Å². The van der Waals surface area contributed by atoms with Gasteiger partial charge in [0.05, 0.1) is 17.7 Å². The van der Waals surface area contributed by atoms with Crippen molar-refractivity contribution in [2.24, 2.45) is 5.10 Å². The molecule has 144 valence electrons. The predicted octanol–water partition coefficient (Wildman–Crippen LogP) is 3.68. The van der Waals surface area contributed by atoms with Gasteiger partial charge in [-0.05, 0) is 24.0 Å². The molecule has 2 aromatic rings. The second-order valence-corrected chi connectivity index (χ2v) is 7.41. The fourth-order valence-electron chi connectivity index (χ4n) is 4.16. The van der Waals surface area contributed by atoms with Gasteiger partial charge in [0.2, 0.25) is 0 Å². The Labute approximate surface area is 165 Å². The van der Waals surface area contributed by atoms with Gasteiger partial charge >= 0.3 is 5.97 Å².